The number of aliphatic hydroxyl groups excluding tert-OH is 2. The molecule has 2 aromatic carbocycles. The van der Waals surface area contributed by atoms with Crippen molar-refractivity contribution in [2.45, 2.75) is 37.6 Å². The van der Waals surface area contributed by atoms with Crippen molar-refractivity contribution in [2.75, 3.05) is 14.1 Å². The molecule has 0 spiro atoms. The molecule has 3 aliphatic carbocycles. The maximum atomic E-state index is 13.8. The predicted molar refractivity (Wildman–Crippen MR) is 141 cm³/mol. The van der Waals surface area contributed by atoms with Crippen molar-refractivity contribution in [3.63, 3.8) is 0 Å². The maximum absolute atomic E-state index is 13.8. The first-order valence-electron chi connectivity index (χ1n) is 12.7. The number of likely N-dealkylation sites (N-methyl/N-ethyl adjacent to an activating group) is 1. The Morgan fingerprint density at radius 2 is 1.77 bits per heavy atom. The van der Waals surface area contributed by atoms with Crippen molar-refractivity contribution >= 4 is 17.5 Å². The molecule has 1 amide bonds. The van der Waals surface area contributed by atoms with E-state index in [0.717, 1.165) is 11.1 Å². The van der Waals surface area contributed by atoms with Gasteiger partial charge in [0.15, 0.2) is 11.4 Å². The van der Waals surface area contributed by atoms with Gasteiger partial charge in [-0.1, -0.05) is 36.4 Å². The largest absolute Gasteiger partial charge is 0.510 e. The molecule has 0 fully saturated rings. The molecule has 10 heteroatoms. The molecule has 204 valence electrons. The number of Topliss-reactive ketones (excluding diaryl/α,β-unsaturated/α-hetero) is 2. The van der Waals surface area contributed by atoms with Crippen LogP contribution in [0.3, 0.4) is 0 Å². The van der Waals surface area contributed by atoms with Crippen LogP contribution in [0, 0.1) is 11.8 Å². The molecule has 2 aromatic rings. The van der Waals surface area contributed by atoms with Crippen LogP contribution in [-0.2, 0) is 29.1 Å². The number of aromatic hydroxyl groups is 1. The Labute approximate surface area is 225 Å². The standard InChI is InChI=1S/C29H31N3O7/c1-32(2)23-18-11-16-10-17-15(13-31-12-14-6-4-3-5-7-14)8-9-19(33)21(17)24(34)20(16)26(36)29(18,39)27(37)22(25(23)35)28(30)38/h3-9,16,18,23,31,33,35-36,39H,10-13H2,1-2H3,(H2,30,38)/t16-,18-,23+,29-/m0/s1. The number of primary amides is 1. The fourth-order valence-corrected chi connectivity index (χ4v) is 6.42. The number of nitrogens with one attached hydrogen (secondary N) is 1. The Kier molecular flexibility index (Phi) is 6.58. The number of nitrogens with zero attached hydrogens (tertiary/aromatic N) is 1. The van der Waals surface area contributed by atoms with Gasteiger partial charge in [0.05, 0.1) is 11.6 Å². The second kappa shape index (κ2) is 9.64. The van der Waals surface area contributed by atoms with Crippen LogP contribution in [0.5, 0.6) is 5.75 Å². The number of carbonyl (C=O) groups excluding carboxylic acids is 3. The van der Waals surface area contributed by atoms with Gasteiger partial charge in [-0.25, -0.2) is 0 Å². The van der Waals surface area contributed by atoms with Gasteiger partial charge in [0.1, 0.15) is 22.8 Å². The third-order valence-electron chi connectivity index (χ3n) is 8.19. The number of phenolic OH excluding ortho intramolecular Hbond substituents is 1. The molecule has 10 nitrogen and oxygen atoms in total. The summed E-state index contributed by atoms with van der Waals surface area (Å²) in [6.45, 7) is 1.01. The molecule has 4 atom stereocenters. The Hall–Kier alpha value is -3.99. The third kappa shape index (κ3) is 4.03. The number of allylic oxidation sites excluding steroid dienone is 1. The van der Waals surface area contributed by atoms with Crippen molar-refractivity contribution in [3.05, 3.63) is 87.4 Å². The van der Waals surface area contributed by atoms with Gasteiger partial charge in [-0.05, 0) is 55.6 Å². The monoisotopic (exact) mass is 533 g/mol. The van der Waals surface area contributed by atoms with Gasteiger partial charge in [-0.2, -0.15) is 0 Å². The van der Waals surface area contributed by atoms with E-state index in [4.69, 9.17) is 5.73 Å². The van der Waals surface area contributed by atoms with E-state index in [-0.39, 0.29) is 29.7 Å². The maximum Gasteiger partial charge on any atom is 0.255 e. The number of nitrogens with two attached hydrogens (primary N) is 1. The zero-order valence-electron chi connectivity index (χ0n) is 21.6. The van der Waals surface area contributed by atoms with Gasteiger partial charge >= 0.3 is 0 Å². The molecule has 0 heterocycles. The lowest BCUT2D eigenvalue weighted by Gasteiger charge is -2.50. The number of fused-ring (bicyclic) bond motifs is 3. The van der Waals surface area contributed by atoms with Crippen LogP contribution in [0.25, 0.3) is 0 Å². The fraction of sp³-hybridized carbons (Fsp3) is 0.345. The number of hydrogen-bond donors (Lipinski definition) is 6. The first-order valence-corrected chi connectivity index (χ1v) is 12.7. The summed E-state index contributed by atoms with van der Waals surface area (Å²) in [5.41, 5.74) is 4.24. The number of benzene rings is 2. The van der Waals surface area contributed by atoms with Crippen LogP contribution in [-0.4, -0.2) is 68.5 Å². The van der Waals surface area contributed by atoms with Gasteiger partial charge in [-0.3, -0.25) is 19.3 Å². The van der Waals surface area contributed by atoms with Crippen LogP contribution in [0.1, 0.15) is 33.5 Å². The van der Waals surface area contributed by atoms with Gasteiger partial charge in [-0.15, -0.1) is 0 Å². The number of phenols is 1. The molecule has 0 radical (unpaired) electrons. The van der Waals surface area contributed by atoms with Crippen molar-refractivity contribution in [2.24, 2.45) is 17.6 Å². The SMILES string of the molecule is CN(C)[C@H]1C(O)=C(C(N)=O)C(=O)[C@@]2(O)C(O)=C3C(=O)c4c(O)ccc(CNCc5ccccc5)c4C[C@H]3C[C@@H]12. The average Bonchev–Trinajstić information content (AvgIpc) is 2.87. The van der Waals surface area contributed by atoms with Crippen LogP contribution in [0.4, 0.5) is 0 Å². The van der Waals surface area contributed by atoms with Crippen molar-refractivity contribution < 1.29 is 34.8 Å². The second-order valence-electron chi connectivity index (χ2n) is 10.6. The van der Waals surface area contributed by atoms with Crippen molar-refractivity contribution in [1.82, 2.24) is 10.2 Å². The first kappa shape index (κ1) is 26.6. The molecule has 0 saturated carbocycles. The molecule has 0 unspecified atom stereocenters. The Morgan fingerprint density at radius 1 is 1.08 bits per heavy atom. The van der Waals surface area contributed by atoms with Gasteiger partial charge in [0.2, 0.25) is 5.78 Å². The molecule has 0 saturated heterocycles. The average molecular weight is 534 g/mol. The molecule has 0 bridgehead atoms. The zero-order valence-corrected chi connectivity index (χ0v) is 21.6. The molecule has 7 N–H and O–H groups in total. The minimum Gasteiger partial charge on any atom is -0.510 e. The number of ketones is 2. The Morgan fingerprint density at radius 3 is 2.41 bits per heavy atom. The smallest absolute Gasteiger partial charge is 0.255 e. The van der Waals surface area contributed by atoms with Crippen LogP contribution < -0.4 is 11.1 Å². The number of hydrogen-bond acceptors (Lipinski definition) is 9. The minimum absolute atomic E-state index is 0.00907. The van der Waals surface area contributed by atoms with Crippen LogP contribution >= 0.6 is 0 Å². The Balaban J connectivity index is 1.57. The number of carbonyl (C=O) groups is 3. The summed E-state index contributed by atoms with van der Waals surface area (Å²) in [5.74, 6) is -6.58. The molecular weight excluding hydrogens is 502 g/mol. The molecular formula is C29H31N3O7. The second-order valence-corrected chi connectivity index (χ2v) is 10.6. The van der Waals surface area contributed by atoms with Gasteiger partial charge < -0.3 is 31.5 Å². The minimum atomic E-state index is -2.64. The summed E-state index contributed by atoms with van der Waals surface area (Å²) in [7, 11) is 3.20. The van der Waals surface area contributed by atoms with Gasteiger partial charge in [0.25, 0.3) is 5.91 Å². The highest BCUT2D eigenvalue weighted by Gasteiger charge is 2.63. The fourth-order valence-electron chi connectivity index (χ4n) is 6.42. The quantitative estimate of drug-likeness (QED) is 0.300. The Bertz CT molecular complexity index is 1450. The van der Waals surface area contributed by atoms with E-state index in [1.807, 2.05) is 30.3 Å². The normalized spacial score (nSPS) is 26.4. The summed E-state index contributed by atoms with van der Waals surface area (Å²) in [6, 6.07) is 11.9. The molecule has 39 heavy (non-hydrogen) atoms. The molecule has 0 aliphatic heterocycles. The summed E-state index contributed by atoms with van der Waals surface area (Å²) in [5, 5.41) is 47.9. The highest BCUT2D eigenvalue weighted by atomic mass is 16.3. The summed E-state index contributed by atoms with van der Waals surface area (Å²) < 4.78 is 0. The third-order valence-corrected chi connectivity index (χ3v) is 8.19. The molecule has 5 rings (SSSR count). The van der Waals surface area contributed by atoms with E-state index in [1.54, 1.807) is 20.2 Å². The lowest BCUT2D eigenvalue weighted by Crippen LogP contribution is -2.63. The first-order chi connectivity index (χ1) is 18.5. The van der Waals surface area contributed by atoms with Crippen LogP contribution in [0.2, 0.25) is 0 Å². The predicted octanol–water partition coefficient (Wildman–Crippen LogP) is 1.41. The van der Waals surface area contributed by atoms with E-state index in [0.29, 0.717) is 18.7 Å². The highest BCUT2D eigenvalue weighted by molar-refractivity contribution is 6.24. The lowest BCUT2D eigenvalue weighted by atomic mass is 9.58. The van der Waals surface area contributed by atoms with Gasteiger partial charge in [0, 0.05) is 24.6 Å². The lowest BCUT2D eigenvalue weighted by molar-refractivity contribution is -0.148. The van der Waals surface area contributed by atoms with E-state index < -0.39 is 58.0 Å². The van der Waals surface area contributed by atoms with Crippen molar-refractivity contribution in [1.29, 1.82) is 0 Å². The van der Waals surface area contributed by atoms with E-state index in [9.17, 15) is 34.8 Å². The molecule has 0 aromatic heterocycles. The summed E-state index contributed by atoms with van der Waals surface area (Å²) >= 11 is 0. The molecule has 3 aliphatic rings. The van der Waals surface area contributed by atoms with E-state index >= 15 is 0 Å². The zero-order chi connectivity index (χ0) is 28.2. The number of rotatable bonds is 6. The van der Waals surface area contributed by atoms with Crippen molar-refractivity contribution in [3.8, 4) is 5.75 Å². The van der Waals surface area contributed by atoms with E-state index in [1.165, 1.54) is 11.0 Å². The summed E-state index contributed by atoms with van der Waals surface area (Å²) in [6.07, 6.45) is 0.309. The number of aliphatic hydroxyl groups is 3. The van der Waals surface area contributed by atoms with E-state index in [2.05, 4.69) is 5.32 Å². The summed E-state index contributed by atoms with van der Waals surface area (Å²) in [4.78, 5) is 40.7. The highest BCUT2D eigenvalue weighted by Crippen LogP contribution is 2.52. The number of amides is 1. The topological polar surface area (TPSA) is 173 Å². The van der Waals surface area contributed by atoms with Crippen LogP contribution in [0.15, 0.2) is 65.1 Å².